The average molecular weight is 207 g/mol. The van der Waals surface area contributed by atoms with Gasteiger partial charge in [0.15, 0.2) is 0 Å². The highest BCUT2D eigenvalue weighted by Gasteiger charge is 2.31. The van der Waals surface area contributed by atoms with Gasteiger partial charge in [-0.15, -0.1) is 0 Å². The van der Waals surface area contributed by atoms with Crippen LogP contribution in [0.4, 0.5) is 0 Å². The fourth-order valence-corrected chi connectivity index (χ4v) is 1.66. The lowest BCUT2D eigenvalue weighted by Crippen LogP contribution is -2.33. The van der Waals surface area contributed by atoms with Crippen LogP contribution in [0.25, 0.3) is 0 Å². The molecule has 1 aliphatic heterocycles. The Hall–Kier alpha value is -1.06. The minimum absolute atomic E-state index is 0.139. The fraction of sp³-hybridized carbons (Fsp3) is 0.500. The molecule has 0 radical (unpaired) electrons. The van der Waals surface area contributed by atoms with Gasteiger partial charge in [0.05, 0.1) is 0 Å². The van der Waals surface area contributed by atoms with Crippen LogP contribution in [0, 0.1) is 0 Å². The third kappa shape index (κ3) is 2.94. The van der Waals surface area contributed by atoms with Crippen molar-refractivity contribution < 1.29 is 9.47 Å². The van der Waals surface area contributed by atoms with Gasteiger partial charge in [0.2, 0.25) is 0 Å². The highest BCUT2D eigenvalue weighted by atomic mass is 16.6. The Morgan fingerprint density at radius 1 is 1.40 bits per heavy atom. The number of hydrogen-bond donors (Lipinski definition) is 1. The topological polar surface area (TPSA) is 30.5 Å². The van der Waals surface area contributed by atoms with Crippen molar-refractivity contribution in [1.82, 2.24) is 5.32 Å². The van der Waals surface area contributed by atoms with E-state index in [1.54, 1.807) is 0 Å². The van der Waals surface area contributed by atoms with Gasteiger partial charge in [-0.05, 0) is 26.0 Å². The molecule has 1 aromatic rings. The van der Waals surface area contributed by atoms with E-state index < -0.39 is 0 Å². The molecule has 1 saturated heterocycles. The first-order chi connectivity index (χ1) is 7.16. The molecule has 0 aliphatic carbocycles. The number of benzene rings is 1. The van der Waals surface area contributed by atoms with E-state index >= 15 is 0 Å². The van der Waals surface area contributed by atoms with Gasteiger partial charge in [-0.3, -0.25) is 5.32 Å². The maximum atomic E-state index is 5.73. The van der Waals surface area contributed by atoms with E-state index in [9.17, 15) is 0 Å². The minimum atomic E-state index is -0.218. The van der Waals surface area contributed by atoms with Gasteiger partial charge in [-0.1, -0.05) is 18.2 Å². The predicted octanol–water partition coefficient (Wildman–Crippen LogP) is 1.79. The highest BCUT2D eigenvalue weighted by molar-refractivity contribution is 5.20. The van der Waals surface area contributed by atoms with Gasteiger partial charge in [-0.25, -0.2) is 0 Å². The van der Waals surface area contributed by atoms with Gasteiger partial charge in [-0.2, -0.15) is 0 Å². The van der Waals surface area contributed by atoms with Crippen LogP contribution in [0.1, 0.15) is 13.8 Å². The maximum absolute atomic E-state index is 5.73. The Kier molecular flexibility index (Phi) is 2.93. The van der Waals surface area contributed by atoms with Crippen LogP contribution in [0.15, 0.2) is 30.3 Å². The SMILES string of the molecule is CC1(C)NCC(COc2ccccc2)O1. The summed E-state index contributed by atoms with van der Waals surface area (Å²) in [4.78, 5) is 0. The molecule has 1 fully saturated rings. The van der Waals surface area contributed by atoms with E-state index in [1.165, 1.54) is 0 Å². The number of hydrogen-bond acceptors (Lipinski definition) is 3. The van der Waals surface area contributed by atoms with Crippen molar-refractivity contribution in [3.63, 3.8) is 0 Å². The van der Waals surface area contributed by atoms with Crippen LogP contribution in [-0.4, -0.2) is 25.0 Å². The summed E-state index contributed by atoms with van der Waals surface area (Å²) in [6.07, 6.45) is 0.139. The van der Waals surface area contributed by atoms with Gasteiger partial charge in [0, 0.05) is 6.54 Å². The van der Waals surface area contributed by atoms with Crippen LogP contribution in [0.3, 0.4) is 0 Å². The Bertz CT molecular complexity index is 311. The molecule has 0 aromatic heterocycles. The first-order valence-corrected chi connectivity index (χ1v) is 5.26. The number of nitrogens with one attached hydrogen (secondary N) is 1. The summed E-state index contributed by atoms with van der Waals surface area (Å²) in [6.45, 7) is 5.49. The zero-order valence-corrected chi connectivity index (χ0v) is 9.19. The summed E-state index contributed by atoms with van der Waals surface area (Å²) in [5.74, 6) is 0.894. The molecule has 15 heavy (non-hydrogen) atoms. The Balaban J connectivity index is 1.80. The summed E-state index contributed by atoms with van der Waals surface area (Å²) < 4.78 is 11.4. The maximum Gasteiger partial charge on any atom is 0.119 e. The summed E-state index contributed by atoms with van der Waals surface area (Å²) in [6, 6.07) is 9.81. The first kappa shape index (κ1) is 10.5. The lowest BCUT2D eigenvalue weighted by atomic mass is 10.3. The Morgan fingerprint density at radius 2 is 2.13 bits per heavy atom. The molecule has 1 unspecified atom stereocenters. The quantitative estimate of drug-likeness (QED) is 0.819. The van der Waals surface area contributed by atoms with Crippen molar-refractivity contribution in [3.05, 3.63) is 30.3 Å². The van der Waals surface area contributed by atoms with E-state index in [0.29, 0.717) is 6.61 Å². The summed E-state index contributed by atoms with van der Waals surface area (Å²) in [5, 5.41) is 3.28. The normalized spacial score (nSPS) is 24.0. The predicted molar refractivity (Wildman–Crippen MR) is 58.9 cm³/mol. The molecule has 82 valence electrons. The third-order valence-corrected chi connectivity index (χ3v) is 2.40. The molecular weight excluding hydrogens is 190 g/mol. The van der Waals surface area contributed by atoms with Crippen LogP contribution in [-0.2, 0) is 4.74 Å². The third-order valence-electron chi connectivity index (χ3n) is 2.40. The molecule has 2 rings (SSSR count). The molecule has 1 aromatic carbocycles. The highest BCUT2D eigenvalue weighted by Crippen LogP contribution is 2.17. The fourth-order valence-electron chi connectivity index (χ4n) is 1.66. The minimum Gasteiger partial charge on any atom is -0.491 e. The molecule has 1 heterocycles. The molecule has 1 aliphatic rings. The van der Waals surface area contributed by atoms with Crippen LogP contribution in [0.5, 0.6) is 5.75 Å². The molecule has 0 bridgehead atoms. The summed E-state index contributed by atoms with van der Waals surface area (Å²) in [7, 11) is 0. The number of para-hydroxylation sites is 1. The zero-order chi connectivity index (χ0) is 10.7. The van der Waals surface area contributed by atoms with Crippen molar-refractivity contribution in [1.29, 1.82) is 0 Å². The lowest BCUT2D eigenvalue weighted by Gasteiger charge is -2.18. The van der Waals surface area contributed by atoms with Crippen LogP contribution >= 0.6 is 0 Å². The van der Waals surface area contributed by atoms with Gasteiger partial charge < -0.3 is 9.47 Å². The van der Waals surface area contributed by atoms with Gasteiger partial charge in [0.25, 0.3) is 0 Å². The molecule has 3 heteroatoms. The van der Waals surface area contributed by atoms with Crippen molar-refractivity contribution in [2.24, 2.45) is 0 Å². The average Bonchev–Trinajstić information content (AvgIpc) is 2.57. The smallest absolute Gasteiger partial charge is 0.119 e. The molecule has 1 N–H and O–H groups in total. The number of rotatable bonds is 3. The van der Waals surface area contributed by atoms with E-state index in [4.69, 9.17) is 9.47 Å². The molecule has 0 amide bonds. The van der Waals surface area contributed by atoms with Crippen LogP contribution < -0.4 is 10.1 Å². The molecule has 3 nitrogen and oxygen atoms in total. The first-order valence-electron chi connectivity index (χ1n) is 5.26. The second kappa shape index (κ2) is 4.21. The van der Waals surface area contributed by atoms with E-state index in [1.807, 2.05) is 44.2 Å². The van der Waals surface area contributed by atoms with Crippen molar-refractivity contribution in [3.8, 4) is 5.75 Å². The number of ether oxygens (including phenoxy) is 2. The lowest BCUT2D eigenvalue weighted by molar-refractivity contribution is -0.0383. The van der Waals surface area contributed by atoms with Gasteiger partial charge >= 0.3 is 0 Å². The molecular formula is C12H17NO2. The van der Waals surface area contributed by atoms with Crippen molar-refractivity contribution in [2.45, 2.75) is 25.7 Å². The van der Waals surface area contributed by atoms with Gasteiger partial charge in [0.1, 0.15) is 24.2 Å². The second-order valence-corrected chi connectivity index (χ2v) is 4.26. The summed E-state index contributed by atoms with van der Waals surface area (Å²) >= 11 is 0. The molecule has 1 atom stereocenters. The zero-order valence-electron chi connectivity index (χ0n) is 9.19. The second-order valence-electron chi connectivity index (χ2n) is 4.26. The standard InChI is InChI=1S/C12H17NO2/c1-12(2)13-8-11(15-12)9-14-10-6-4-3-5-7-10/h3-7,11,13H,8-9H2,1-2H3. The van der Waals surface area contributed by atoms with Crippen molar-refractivity contribution in [2.75, 3.05) is 13.2 Å². The Morgan fingerprint density at radius 3 is 2.73 bits per heavy atom. The monoisotopic (exact) mass is 207 g/mol. The van der Waals surface area contributed by atoms with E-state index in [0.717, 1.165) is 12.3 Å². The largest absolute Gasteiger partial charge is 0.491 e. The van der Waals surface area contributed by atoms with Crippen molar-refractivity contribution >= 4 is 0 Å². The Labute approximate surface area is 90.4 Å². The van der Waals surface area contributed by atoms with E-state index in [2.05, 4.69) is 5.32 Å². The van der Waals surface area contributed by atoms with E-state index in [-0.39, 0.29) is 11.8 Å². The summed E-state index contributed by atoms with van der Waals surface area (Å²) in [5.41, 5.74) is -0.218. The molecule has 0 spiro atoms. The molecule has 0 saturated carbocycles. The van der Waals surface area contributed by atoms with Crippen LogP contribution in [0.2, 0.25) is 0 Å².